The van der Waals surface area contributed by atoms with E-state index in [0.29, 0.717) is 11.3 Å². The van der Waals surface area contributed by atoms with Gasteiger partial charge in [0.05, 0.1) is 35.4 Å². The van der Waals surface area contributed by atoms with Gasteiger partial charge in [0.1, 0.15) is 28.9 Å². The van der Waals surface area contributed by atoms with Gasteiger partial charge in [-0.1, -0.05) is 17.7 Å². The molecule has 0 aromatic heterocycles. The molecule has 0 spiro atoms. The number of hydrogen-bond acceptors (Lipinski definition) is 8. The first-order valence-corrected chi connectivity index (χ1v) is 10.5. The second-order valence-electron chi connectivity index (χ2n) is 7.07. The molecule has 1 amide bonds. The Morgan fingerprint density at radius 3 is 2.31 bits per heavy atom. The molecule has 0 aliphatic heterocycles. The number of anilines is 1. The van der Waals surface area contributed by atoms with E-state index in [-0.39, 0.29) is 39.0 Å². The second-order valence-corrected chi connectivity index (χ2v) is 7.48. The minimum atomic E-state index is -0.817. The summed E-state index contributed by atoms with van der Waals surface area (Å²) in [5, 5.41) is 23.0. The van der Waals surface area contributed by atoms with Crippen molar-refractivity contribution in [1.29, 1.82) is 5.26 Å². The maximum atomic E-state index is 12.7. The second kappa shape index (κ2) is 11.5. The zero-order chi connectivity index (χ0) is 26.2. The molecule has 3 rings (SSSR count). The third-order valence-electron chi connectivity index (χ3n) is 4.80. The summed E-state index contributed by atoms with van der Waals surface area (Å²) in [4.78, 5) is 35.5. The van der Waals surface area contributed by atoms with Crippen molar-refractivity contribution in [2.24, 2.45) is 0 Å². The van der Waals surface area contributed by atoms with Gasteiger partial charge < -0.3 is 19.5 Å². The van der Waals surface area contributed by atoms with Crippen LogP contribution in [0.1, 0.15) is 15.9 Å². The van der Waals surface area contributed by atoms with Crippen molar-refractivity contribution >= 4 is 40.9 Å². The van der Waals surface area contributed by atoms with E-state index < -0.39 is 16.8 Å². The zero-order valence-corrected chi connectivity index (χ0v) is 19.7. The van der Waals surface area contributed by atoms with Crippen molar-refractivity contribution < 1.29 is 28.7 Å². The van der Waals surface area contributed by atoms with Crippen LogP contribution in [-0.2, 0) is 4.79 Å². The number of amides is 1. The highest BCUT2D eigenvalue weighted by atomic mass is 35.5. The lowest BCUT2D eigenvalue weighted by molar-refractivity contribution is -0.384. The van der Waals surface area contributed by atoms with Gasteiger partial charge in [-0.05, 0) is 54.1 Å². The van der Waals surface area contributed by atoms with Crippen LogP contribution in [0.3, 0.4) is 0 Å². The van der Waals surface area contributed by atoms with Gasteiger partial charge in [0, 0.05) is 12.1 Å². The van der Waals surface area contributed by atoms with E-state index in [1.807, 2.05) is 0 Å². The van der Waals surface area contributed by atoms with Crippen LogP contribution < -0.4 is 19.5 Å². The van der Waals surface area contributed by atoms with Crippen LogP contribution in [-0.4, -0.2) is 31.0 Å². The van der Waals surface area contributed by atoms with E-state index in [1.165, 1.54) is 50.6 Å². The molecule has 3 aromatic carbocycles. The van der Waals surface area contributed by atoms with Crippen molar-refractivity contribution in [3.8, 4) is 23.3 Å². The first kappa shape index (κ1) is 25.7. The number of rotatable bonds is 8. The monoisotopic (exact) mass is 507 g/mol. The Labute approximate surface area is 210 Å². The summed E-state index contributed by atoms with van der Waals surface area (Å²) >= 11 is 6.24. The molecule has 182 valence electrons. The molecule has 0 saturated carbocycles. The topological polar surface area (TPSA) is 141 Å². The van der Waals surface area contributed by atoms with Crippen molar-refractivity contribution in [1.82, 2.24) is 0 Å². The Balaban J connectivity index is 1.78. The van der Waals surface area contributed by atoms with Crippen LogP contribution in [0, 0.1) is 21.4 Å². The van der Waals surface area contributed by atoms with E-state index in [0.717, 1.165) is 6.07 Å². The maximum absolute atomic E-state index is 12.7. The average Bonchev–Trinajstić information content (AvgIpc) is 2.88. The Hall–Kier alpha value is -4.88. The number of benzene rings is 3. The number of non-ortho nitro benzene ring substituents is 1. The standard InChI is InChI=1S/C25H18ClN3O7/c1-34-19-7-4-16(5-8-19)25(31)36-22-9-3-15(12-20(22)26)11-17(14-27)24(30)28-21-13-18(29(32)33)6-10-23(21)35-2/h3-13H,1-2H3,(H,28,30)/b17-11+. The van der Waals surface area contributed by atoms with Crippen molar-refractivity contribution in [3.05, 3.63) is 92.5 Å². The summed E-state index contributed by atoms with van der Waals surface area (Å²) in [6, 6.07) is 16.1. The highest BCUT2D eigenvalue weighted by Gasteiger charge is 2.17. The van der Waals surface area contributed by atoms with Crippen LogP contribution in [0.5, 0.6) is 17.2 Å². The molecule has 0 aliphatic rings. The predicted molar refractivity (Wildman–Crippen MR) is 131 cm³/mol. The van der Waals surface area contributed by atoms with Crippen LogP contribution in [0.25, 0.3) is 6.08 Å². The lowest BCUT2D eigenvalue weighted by Gasteiger charge is -2.10. The molecule has 0 radical (unpaired) electrons. The third kappa shape index (κ3) is 6.16. The molecular weight excluding hydrogens is 490 g/mol. The van der Waals surface area contributed by atoms with Gasteiger partial charge >= 0.3 is 5.97 Å². The third-order valence-corrected chi connectivity index (χ3v) is 5.10. The number of nitrogens with zero attached hydrogens (tertiary/aromatic N) is 2. The Morgan fingerprint density at radius 2 is 1.72 bits per heavy atom. The molecule has 0 aliphatic carbocycles. The van der Waals surface area contributed by atoms with Gasteiger partial charge in [0.25, 0.3) is 11.6 Å². The molecule has 1 N–H and O–H groups in total. The fourth-order valence-corrected chi connectivity index (χ4v) is 3.22. The number of hydrogen-bond donors (Lipinski definition) is 1. The lowest BCUT2D eigenvalue weighted by atomic mass is 10.1. The molecule has 10 nitrogen and oxygen atoms in total. The fraction of sp³-hybridized carbons (Fsp3) is 0.0800. The minimum absolute atomic E-state index is 0.0247. The molecule has 0 bridgehead atoms. The first-order chi connectivity index (χ1) is 17.2. The number of methoxy groups -OCH3 is 2. The highest BCUT2D eigenvalue weighted by Crippen LogP contribution is 2.30. The summed E-state index contributed by atoms with van der Waals surface area (Å²) in [7, 11) is 2.85. The average molecular weight is 508 g/mol. The summed E-state index contributed by atoms with van der Waals surface area (Å²) in [6.07, 6.45) is 1.26. The van der Waals surface area contributed by atoms with Gasteiger partial charge in [-0.2, -0.15) is 5.26 Å². The fourth-order valence-electron chi connectivity index (χ4n) is 2.99. The normalized spacial score (nSPS) is 10.7. The Kier molecular flexibility index (Phi) is 8.22. The first-order valence-electron chi connectivity index (χ1n) is 10.2. The van der Waals surface area contributed by atoms with E-state index in [1.54, 1.807) is 30.3 Å². The van der Waals surface area contributed by atoms with Gasteiger partial charge in [-0.15, -0.1) is 0 Å². The molecule has 0 atom stereocenters. The van der Waals surface area contributed by atoms with Crippen molar-refractivity contribution in [2.75, 3.05) is 19.5 Å². The Morgan fingerprint density at radius 1 is 1.03 bits per heavy atom. The van der Waals surface area contributed by atoms with Gasteiger partial charge in [0.2, 0.25) is 0 Å². The van der Waals surface area contributed by atoms with Crippen molar-refractivity contribution in [2.45, 2.75) is 0 Å². The number of nitro groups is 1. The van der Waals surface area contributed by atoms with E-state index in [2.05, 4.69) is 5.32 Å². The van der Waals surface area contributed by atoms with Crippen LogP contribution in [0.15, 0.2) is 66.2 Å². The molecular formula is C25H18ClN3O7. The number of esters is 1. The van der Waals surface area contributed by atoms with E-state index in [4.69, 9.17) is 25.8 Å². The number of carbonyl (C=O) groups is 2. The molecule has 36 heavy (non-hydrogen) atoms. The molecule has 0 saturated heterocycles. The summed E-state index contributed by atoms with van der Waals surface area (Å²) in [5.74, 6) is -0.605. The number of nitriles is 1. The minimum Gasteiger partial charge on any atom is -0.497 e. The Bertz CT molecular complexity index is 1400. The largest absolute Gasteiger partial charge is 0.497 e. The molecule has 0 unspecified atom stereocenters. The van der Waals surface area contributed by atoms with Crippen LogP contribution in [0.4, 0.5) is 11.4 Å². The number of ether oxygens (including phenoxy) is 3. The number of halogens is 1. The predicted octanol–water partition coefficient (Wildman–Crippen LogP) is 5.03. The van der Waals surface area contributed by atoms with Crippen LogP contribution in [0.2, 0.25) is 5.02 Å². The maximum Gasteiger partial charge on any atom is 0.343 e. The van der Waals surface area contributed by atoms with Gasteiger partial charge in [-0.25, -0.2) is 4.79 Å². The summed E-state index contributed by atoms with van der Waals surface area (Å²) < 4.78 is 15.5. The smallest absolute Gasteiger partial charge is 0.343 e. The highest BCUT2D eigenvalue weighted by molar-refractivity contribution is 6.32. The SMILES string of the molecule is COc1ccc(C(=O)Oc2ccc(/C=C(\C#N)C(=O)Nc3cc([N+](=O)[O-])ccc3OC)cc2Cl)cc1. The van der Waals surface area contributed by atoms with E-state index in [9.17, 15) is 25.0 Å². The lowest BCUT2D eigenvalue weighted by Crippen LogP contribution is -2.14. The van der Waals surface area contributed by atoms with Gasteiger partial charge in [-0.3, -0.25) is 14.9 Å². The van der Waals surface area contributed by atoms with E-state index >= 15 is 0 Å². The summed E-state index contributed by atoms with van der Waals surface area (Å²) in [6.45, 7) is 0. The molecule has 11 heteroatoms. The zero-order valence-electron chi connectivity index (χ0n) is 19.0. The number of nitrogens with one attached hydrogen (secondary N) is 1. The molecule has 3 aromatic rings. The summed E-state index contributed by atoms with van der Waals surface area (Å²) in [5.41, 5.74) is 0.122. The van der Waals surface area contributed by atoms with Crippen LogP contribution >= 0.6 is 11.6 Å². The quantitative estimate of drug-likeness (QED) is 0.112. The van der Waals surface area contributed by atoms with Gasteiger partial charge in [0.15, 0.2) is 0 Å². The molecule has 0 fully saturated rings. The number of nitro benzene ring substituents is 1. The van der Waals surface area contributed by atoms with Crippen molar-refractivity contribution in [3.63, 3.8) is 0 Å². The number of carbonyl (C=O) groups excluding carboxylic acids is 2. The molecule has 0 heterocycles.